The van der Waals surface area contributed by atoms with Crippen molar-refractivity contribution in [2.45, 2.75) is 53.5 Å². The highest BCUT2D eigenvalue weighted by Gasteiger charge is 2.35. The van der Waals surface area contributed by atoms with Crippen molar-refractivity contribution in [3.8, 4) is 0 Å². The number of amides is 2. The van der Waals surface area contributed by atoms with Gasteiger partial charge in [0.25, 0.3) is 11.8 Å². The molecule has 2 aromatic heterocycles. The largest absolute Gasteiger partial charge is 0.378 e. The lowest BCUT2D eigenvalue weighted by Crippen LogP contribution is -2.41. The van der Waals surface area contributed by atoms with E-state index in [-0.39, 0.29) is 17.2 Å². The molecular weight excluding hydrogens is 398 g/mol. The van der Waals surface area contributed by atoms with Crippen LogP contribution in [-0.2, 0) is 24.1 Å². The van der Waals surface area contributed by atoms with Gasteiger partial charge in [0.05, 0.1) is 25.1 Å². The summed E-state index contributed by atoms with van der Waals surface area (Å²) in [6.45, 7) is 11.2. The zero-order chi connectivity index (χ0) is 22.2. The van der Waals surface area contributed by atoms with E-state index in [0.717, 1.165) is 30.6 Å². The summed E-state index contributed by atoms with van der Waals surface area (Å²) in [6, 6.07) is 0. The summed E-state index contributed by atoms with van der Waals surface area (Å²) in [5, 5.41) is 11.2. The maximum atomic E-state index is 13.1. The van der Waals surface area contributed by atoms with Gasteiger partial charge in [-0.1, -0.05) is 25.9 Å². The van der Waals surface area contributed by atoms with Gasteiger partial charge in [0.2, 0.25) is 0 Å². The summed E-state index contributed by atoms with van der Waals surface area (Å²) >= 11 is 0. The number of rotatable bonds is 4. The van der Waals surface area contributed by atoms with E-state index in [9.17, 15) is 9.59 Å². The summed E-state index contributed by atoms with van der Waals surface area (Å²) in [5.41, 5.74) is 2.10. The number of carbonyl (C=O) groups is 2. The molecule has 1 fully saturated rings. The number of morpholine rings is 1. The fourth-order valence-corrected chi connectivity index (χ4v) is 4.36. The van der Waals surface area contributed by atoms with Gasteiger partial charge in [-0.05, 0) is 31.1 Å². The van der Waals surface area contributed by atoms with Crippen molar-refractivity contribution in [1.29, 1.82) is 0 Å². The number of carbonyl (C=O) groups excluding carboxylic acids is 2. The Labute approximate surface area is 182 Å². The SMILES string of the molecule is CCn1ncc(NC(=O)c2noc3c2CC(C(C)(C)C)CC3)c1C(=O)N1CCOCC1. The number of aromatic nitrogens is 3. The molecule has 1 saturated heterocycles. The molecule has 2 amide bonds. The van der Waals surface area contributed by atoms with Crippen LogP contribution in [0.5, 0.6) is 0 Å². The number of nitrogens with zero attached hydrogens (tertiary/aromatic N) is 4. The van der Waals surface area contributed by atoms with Crippen LogP contribution in [0.1, 0.15) is 66.4 Å². The highest BCUT2D eigenvalue weighted by molar-refractivity contribution is 6.08. The standard InChI is InChI=1S/C22H31N5O4/c1-5-27-19(21(29)26-8-10-30-11-9-26)16(13-23-27)24-20(28)18-15-12-14(22(2,3)4)6-7-17(15)31-25-18/h13-14H,5-12H2,1-4H3,(H,24,28). The monoisotopic (exact) mass is 429 g/mol. The zero-order valence-electron chi connectivity index (χ0n) is 18.7. The molecule has 1 N–H and O–H groups in total. The summed E-state index contributed by atoms with van der Waals surface area (Å²) < 4.78 is 12.4. The van der Waals surface area contributed by atoms with E-state index in [4.69, 9.17) is 9.26 Å². The third-order valence-electron chi connectivity index (χ3n) is 6.37. The van der Waals surface area contributed by atoms with E-state index in [0.29, 0.717) is 55.8 Å². The average Bonchev–Trinajstić information content (AvgIpc) is 3.36. The van der Waals surface area contributed by atoms with Gasteiger partial charge in [0.1, 0.15) is 11.5 Å². The van der Waals surface area contributed by atoms with E-state index >= 15 is 0 Å². The second kappa shape index (κ2) is 8.45. The van der Waals surface area contributed by atoms with Gasteiger partial charge in [-0.2, -0.15) is 5.10 Å². The van der Waals surface area contributed by atoms with Crippen LogP contribution in [0.4, 0.5) is 5.69 Å². The fraction of sp³-hybridized carbons (Fsp3) is 0.636. The Morgan fingerprint density at radius 3 is 2.68 bits per heavy atom. The maximum Gasteiger partial charge on any atom is 0.278 e. The molecule has 31 heavy (non-hydrogen) atoms. The van der Waals surface area contributed by atoms with Crippen molar-refractivity contribution in [3.63, 3.8) is 0 Å². The van der Waals surface area contributed by atoms with Gasteiger partial charge in [0, 0.05) is 31.6 Å². The molecule has 4 rings (SSSR count). The quantitative estimate of drug-likeness (QED) is 0.802. The van der Waals surface area contributed by atoms with E-state index in [2.05, 4.69) is 36.3 Å². The van der Waals surface area contributed by atoms with Crippen molar-refractivity contribution in [1.82, 2.24) is 19.8 Å². The highest BCUT2D eigenvalue weighted by Crippen LogP contribution is 2.38. The first-order valence-electron chi connectivity index (χ1n) is 11.0. The van der Waals surface area contributed by atoms with Crippen LogP contribution in [0.2, 0.25) is 0 Å². The van der Waals surface area contributed by atoms with Gasteiger partial charge < -0.3 is 19.5 Å². The lowest BCUT2D eigenvalue weighted by molar-refractivity contribution is 0.0295. The van der Waals surface area contributed by atoms with Crippen LogP contribution >= 0.6 is 0 Å². The molecular formula is C22H31N5O4. The third-order valence-corrected chi connectivity index (χ3v) is 6.37. The zero-order valence-corrected chi connectivity index (χ0v) is 18.7. The predicted molar refractivity (Wildman–Crippen MR) is 114 cm³/mol. The molecule has 3 heterocycles. The van der Waals surface area contributed by atoms with Crippen LogP contribution in [0, 0.1) is 11.3 Å². The van der Waals surface area contributed by atoms with Crippen molar-refractivity contribution in [2.24, 2.45) is 11.3 Å². The third kappa shape index (κ3) is 4.23. The van der Waals surface area contributed by atoms with Crippen molar-refractivity contribution in [3.05, 3.63) is 28.9 Å². The molecule has 2 aromatic rings. The van der Waals surface area contributed by atoms with Crippen LogP contribution in [-0.4, -0.2) is 58.0 Å². The van der Waals surface area contributed by atoms with Crippen LogP contribution < -0.4 is 5.32 Å². The minimum absolute atomic E-state index is 0.142. The van der Waals surface area contributed by atoms with Gasteiger partial charge in [-0.3, -0.25) is 14.3 Å². The highest BCUT2D eigenvalue weighted by atomic mass is 16.5. The summed E-state index contributed by atoms with van der Waals surface area (Å²) in [7, 11) is 0. The molecule has 0 spiro atoms. The Hall–Kier alpha value is -2.68. The summed E-state index contributed by atoms with van der Waals surface area (Å²) in [5.74, 6) is 0.714. The Bertz CT molecular complexity index is 965. The fourth-order valence-electron chi connectivity index (χ4n) is 4.36. The molecule has 1 unspecified atom stereocenters. The Morgan fingerprint density at radius 1 is 1.26 bits per heavy atom. The summed E-state index contributed by atoms with van der Waals surface area (Å²) in [4.78, 5) is 28.0. The maximum absolute atomic E-state index is 13.1. The molecule has 168 valence electrons. The number of aryl methyl sites for hydroxylation is 2. The van der Waals surface area contributed by atoms with Crippen LogP contribution in [0.15, 0.2) is 10.7 Å². The van der Waals surface area contributed by atoms with Gasteiger partial charge >= 0.3 is 0 Å². The molecule has 9 heteroatoms. The first-order chi connectivity index (χ1) is 14.8. The Morgan fingerprint density at radius 2 is 2.00 bits per heavy atom. The Kier molecular flexibility index (Phi) is 5.88. The van der Waals surface area contributed by atoms with Crippen molar-refractivity contribution < 1.29 is 18.8 Å². The van der Waals surface area contributed by atoms with Gasteiger partial charge in [-0.25, -0.2) is 0 Å². The predicted octanol–water partition coefficient (Wildman–Crippen LogP) is 2.77. The first kappa shape index (κ1) is 21.5. The molecule has 0 radical (unpaired) electrons. The number of fused-ring (bicyclic) bond motifs is 1. The molecule has 1 aliphatic carbocycles. The second-order valence-electron chi connectivity index (χ2n) is 9.32. The number of hydrogen-bond acceptors (Lipinski definition) is 6. The van der Waals surface area contributed by atoms with E-state index in [1.54, 1.807) is 9.58 Å². The normalized spacial score (nSPS) is 19.2. The molecule has 0 bridgehead atoms. The van der Waals surface area contributed by atoms with Crippen LogP contribution in [0.3, 0.4) is 0 Å². The van der Waals surface area contributed by atoms with Crippen molar-refractivity contribution in [2.75, 3.05) is 31.6 Å². The van der Waals surface area contributed by atoms with Crippen LogP contribution in [0.25, 0.3) is 0 Å². The molecule has 2 aliphatic rings. The molecule has 1 aliphatic heterocycles. The smallest absolute Gasteiger partial charge is 0.278 e. The number of nitrogens with one attached hydrogen (secondary N) is 1. The number of hydrogen-bond donors (Lipinski definition) is 1. The first-order valence-corrected chi connectivity index (χ1v) is 11.0. The van der Waals surface area contributed by atoms with E-state index < -0.39 is 0 Å². The molecule has 0 aromatic carbocycles. The Balaban J connectivity index is 1.57. The average molecular weight is 430 g/mol. The topological polar surface area (TPSA) is 102 Å². The molecule has 9 nitrogen and oxygen atoms in total. The lowest BCUT2D eigenvalue weighted by Gasteiger charge is -2.33. The van der Waals surface area contributed by atoms with E-state index in [1.165, 1.54) is 6.20 Å². The minimum atomic E-state index is -0.369. The molecule has 0 saturated carbocycles. The van der Waals surface area contributed by atoms with Crippen molar-refractivity contribution >= 4 is 17.5 Å². The van der Waals surface area contributed by atoms with E-state index in [1.807, 2.05) is 6.92 Å². The summed E-state index contributed by atoms with van der Waals surface area (Å²) in [6.07, 6.45) is 4.10. The number of anilines is 1. The van der Waals surface area contributed by atoms with Gasteiger partial charge in [0.15, 0.2) is 5.69 Å². The molecule has 1 atom stereocenters. The van der Waals surface area contributed by atoms with Gasteiger partial charge in [-0.15, -0.1) is 0 Å². The second-order valence-corrected chi connectivity index (χ2v) is 9.32. The minimum Gasteiger partial charge on any atom is -0.378 e. The lowest BCUT2D eigenvalue weighted by atomic mass is 9.71. The number of ether oxygens (including phenoxy) is 1.